The summed E-state index contributed by atoms with van der Waals surface area (Å²) in [5.74, 6) is -0.289. The van der Waals surface area contributed by atoms with E-state index < -0.39 is 12.0 Å². The Morgan fingerprint density at radius 2 is 2.11 bits per heavy atom. The fourth-order valence-electron chi connectivity index (χ4n) is 3.28. The van der Waals surface area contributed by atoms with Crippen LogP contribution in [0.4, 0.5) is 5.69 Å². The Labute approximate surface area is 159 Å². The van der Waals surface area contributed by atoms with Crippen molar-refractivity contribution in [2.24, 2.45) is 5.92 Å². The molecule has 6 nitrogen and oxygen atoms in total. The monoisotopic (exact) mass is 370 g/mol. The summed E-state index contributed by atoms with van der Waals surface area (Å²) in [4.78, 5) is 26.4. The van der Waals surface area contributed by atoms with Crippen LogP contribution in [0.5, 0.6) is 0 Å². The Bertz CT molecular complexity index is 755. The van der Waals surface area contributed by atoms with Gasteiger partial charge in [-0.05, 0) is 42.7 Å². The molecule has 1 saturated heterocycles. The summed E-state index contributed by atoms with van der Waals surface area (Å²) < 4.78 is 5.12. The molecule has 2 atom stereocenters. The molecule has 1 aromatic carbocycles. The molecular formula is C21H26N2O4. The van der Waals surface area contributed by atoms with Crippen LogP contribution < -0.4 is 10.2 Å². The minimum Gasteiger partial charge on any atom is -0.467 e. The van der Waals surface area contributed by atoms with E-state index in [4.69, 9.17) is 4.42 Å². The van der Waals surface area contributed by atoms with Gasteiger partial charge in [-0.15, -0.1) is 0 Å². The lowest BCUT2D eigenvalue weighted by Crippen LogP contribution is -2.35. The second-order valence-electron chi connectivity index (χ2n) is 6.95. The number of carbonyl (C=O) groups is 2. The molecule has 0 radical (unpaired) electrons. The van der Waals surface area contributed by atoms with Crippen molar-refractivity contribution >= 4 is 17.5 Å². The van der Waals surface area contributed by atoms with E-state index in [1.165, 1.54) is 11.8 Å². The van der Waals surface area contributed by atoms with Crippen molar-refractivity contribution in [3.05, 3.63) is 54.0 Å². The van der Waals surface area contributed by atoms with E-state index in [-0.39, 0.29) is 24.8 Å². The highest BCUT2D eigenvalue weighted by molar-refractivity contribution is 6.00. The number of benzene rings is 1. The molecule has 0 saturated carbocycles. The maximum atomic E-state index is 12.4. The predicted octanol–water partition coefficient (Wildman–Crippen LogP) is 2.82. The number of rotatable bonds is 8. The maximum absolute atomic E-state index is 12.4. The van der Waals surface area contributed by atoms with Gasteiger partial charge in [0.25, 0.3) is 0 Å². The van der Waals surface area contributed by atoms with Gasteiger partial charge in [-0.3, -0.25) is 9.59 Å². The maximum Gasteiger partial charge on any atom is 0.227 e. The number of nitrogens with one attached hydrogen (secondary N) is 1. The van der Waals surface area contributed by atoms with Crippen LogP contribution in [-0.4, -0.2) is 30.0 Å². The van der Waals surface area contributed by atoms with Gasteiger partial charge in [-0.25, -0.2) is 0 Å². The van der Waals surface area contributed by atoms with E-state index in [0.717, 1.165) is 24.9 Å². The van der Waals surface area contributed by atoms with Crippen LogP contribution in [0.3, 0.4) is 0 Å². The highest BCUT2D eigenvalue weighted by Crippen LogP contribution is 2.26. The van der Waals surface area contributed by atoms with E-state index >= 15 is 0 Å². The summed E-state index contributed by atoms with van der Waals surface area (Å²) in [5.41, 5.74) is 2.08. The third kappa shape index (κ3) is 4.77. The van der Waals surface area contributed by atoms with Crippen molar-refractivity contribution in [3.63, 3.8) is 0 Å². The molecular weight excluding hydrogens is 344 g/mol. The zero-order valence-electron chi connectivity index (χ0n) is 15.6. The minimum absolute atomic E-state index is 0.0527. The molecule has 144 valence electrons. The molecule has 1 aliphatic rings. The first-order valence-corrected chi connectivity index (χ1v) is 9.47. The molecule has 2 unspecified atom stereocenters. The van der Waals surface area contributed by atoms with Gasteiger partial charge in [-0.1, -0.05) is 25.5 Å². The molecule has 0 aliphatic carbocycles. The molecule has 6 heteroatoms. The second kappa shape index (κ2) is 8.86. The van der Waals surface area contributed by atoms with Gasteiger partial charge in [0.1, 0.15) is 11.9 Å². The lowest BCUT2D eigenvalue weighted by molar-refractivity contribution is -0.126. The molecule has 3 rings (SSSR count). The number of hydrogen-bond donors (Lipinski definition) is 2. The van der Waals surface area contributed by atoms with Crippen molar-refractivity contribution < 1.29 is 19.1 Å². The van der Waals surface area contributed by atoms with Crippen LogP contribution >= 0.6 is 0 Å². The van der Waals surface area contributed by atoms with Crippen LogP contribution in [0.1, 0.15) is 43.6 Å². The molecule has 2 heterocycles. The van der Waals surface area contributed by atoms with Gasteiger partial charge >= 0.3 is 0 Å². The van der Waals surface area contributed by atoms with Crippen LogP contribution in [0, 0.1) is 5.92 Å². The Morgan fingerprint density at radius 3 is 2.78 bits per heavy atom. The smallest absolute Gasteiger partial charge is 0.227 e. The summed E-state index contributed by atoms with van der Waals surface area (Å²) in [5, 5.41) is 12.7. The van der Waals surface area contributed by atoms with E-state index in [1.54, 1.807) is 17.0 Å². The standard InChI is InChI=1S/C21H26N2O4/c1-2-3-5-15-7-9-17(10-8-15)23-14-16(12-20(23)25)21(26)22-13-18(24)19-6-4-11-27-19/h4,6-11,16,18,24H,2-3,5,12-14H2,1H3,(H,22,26). The molecule has 0 spiro atoms. The first-order valence-electron chi connectivity index (χ1n) is 9.47. The summed E-state index contributed by atoms with van der Waals surface area (Å²) in [6, 6.07) is 11.3. The van der Waals surface area contributed by atoms with Gasteiger partial charge < -0.3 is 19.7 Å². The highest BCUT2D eigenvalue weighted by Gasteiger charge is 2.35. The number of carbonyl (C=O) groups excluding carboxylic acids is 2. The lowest BCUT2D eigenvalue weighted by Gasteiger charge is -2.17. The Balaban J connectivity index is 1.54. The Hall–Kier alpha value is -2.60. The van der Waals surface area contributed by atoms with Crippen molar-refractivity contribution in [3.8, 4) is 0 Å². The molecule has 1 aromatic heterocycles. The van der Waals surface area contributed by atoms with Crippen molar-refractivity contribution in [2.75, 3.05) is 18.0 Å². The van der Waals surface area contributed by atoms with Gasteiger partial charge in [0.2, 0.25) is 11.8 Å². The summed E-state index contributed by atoms with van der Waals surface area (Å²) in [7, 11) is 0. The number of anilines is 1. The number of amides is 2. The minimum atomic E-state index is -0.896. The van der Waals surface area contributed by atoms with E-state index in [9.17, 15) is 14.7 Å². The molecule has 2 aromatic rings. The highest BCUT2D eigenvalue weighted by atomic mass is 16.4. The average molecular weight is 370 g/mol. The van der Waals surface area contributed by atoms with Crippen LogP contribution in [-0.2, 0) is 16.0 Å². The topological polar surface area (TPSA) is 82.8 Å². The molecule has 2 amide bonds. The number of furan rings is 1. The first-order chi connectivity index (χ1) is 13.1. The normalized spacial score (nSPS) is 17.9. The zero-order valence-corrected chi connectivity index (χ0v) is 15.6. The molecule has 2 N–H and O–H groups in total. The SMILES string of the molecule is CCCCc1ccc(N2CC(C(=O)NCC(O)c3ccco3)CC2=O)cc1. The molecule has 1 aliphatic heterocycles. The number of aliphatic hydroxyl groups excluding tert-OH is 1. The van der Waals surface area contributed by atoms with E-state index in [2.05, 4.69) is 12.2 Å². The number of hydrogen-bond acceptors (Lipinski definition) is 4. The third-order valence-electron chi connectivity index (χ3n) is 4.90. The van der Waals surface area contributed by atoms with Crippen LogP contribution in [0.25, 0.3) is 0 Å². The largest absolute Gasteiger partial charge is 0.467 e. The summed E-state index contributed by atoms with van der Waals surface area (Å²) >= 11 is 0. The first kappa shape index (κ1) is 19.2. The van der Waals surface area contributed by atoms with Crippen molar-refractivity contribution in [1.82, 2.24) is 5.32 Å². The quantitative estimate of drug-likeness (QED) is 0.748. The fraction of sp³-hybridized carbons (Fsp3) is 0.429. The molecule has 0 bridgehead atoms. The van der Waals surface area contributed by atoms with Crippen LogP contribution in [0.2, 0.25) is 0 Å². The Kier molecular flexibility index (Phi) is 6.29. The van der Waals surface area contributed by atoms with E-state index in [0.29, 0.717) is 12.3 Å². The third-order valence-corrected chi connectivity index (χ3v) is 4.90. The van der Waals surface area contributed by atoms with Gasteiger partial charge in [0.05, 0.1) is 18.7 Å². The van der Waals surface area contributed by atoms with Gasteiger partial charge in [0, 0.05) is 18.7 Å². The number of unbranched alkanes of at least 4 members (excludes halogenated alkanes) is 1. The van der Waals surface area contributed by atoms with Crippen molar-refractivity contribution in [1.29, 1.82) is 0 Å². The lowest BCUT2D eigenvalue weighted by atomic mass is 10.1. The van der Waals surface area contributed by atoms with Gasteiger partial charge in [-0.2, -0.15) is 0 Å². The second-order valence-corrected chi connectivity index (χ2v) is 6.95. The zero-order chi connectivity index (χ0) is 19.2. The molecule has 27 heavy (non-hydrogen) atoms. The number of nitrogens with zero attached hydrogens (tertiary/aromatic N) is 1. The van der Waals surface area contributed by atoms with Gasteiger partial charge in [0.15, 0.2) is 0 Å². The number of aryl methyl sites for hydroxylation is 1. The Morgan fingerprint density at radius 1 is 1.33 bits per heavy atom. The average Bonchev–Trinajstić information content (AvgIpc) is 3.34. The summed E-state index contributed by atoms with van der Waals surface area (Å²) in [6.45, 7) is 2.58. The molecule has 1 fully saturated rings. The summed E-state index contributed by atoms with van der Waals surface area (Å²) in [6.07, 6.45) is 4.09. The fourth-order valence-corrected chi connectivity index (χ4v) is 3.28. The predicted molar refractivity (Wildman–Crippen MR) is 102 cm³/mol. The van der Waals surface area contributed by atoms with Crippen LogP contribution in [0.15, 0.2) is 47.1 Å². The van der Waals surface area contributed by atoms with Crippen molar-refractivity contribution in [2.45, 2.75) is 38.7 Å². The van der Waals surface area contributed by atoms with E-state index in [1.807, 2.05) is 24.3 Å². The number of aliphatic hydroxyl groups is 1.